The number of nitrogens with zero attached hydrogens (tertiary/aromatic N) is 2. The van der Waals surface area contributed by atoms with Crippen LogP contribution in [-0.2, 0) is 4.79 Å². The van der Waals surface area contributed by atoms with Crippen LogP contribution in [0.25, 0.3) is 16.5 Å². The third kappa shape index (κ3) is 4.49. The molecule has 136 valence electrons. The van der Waals surface area contributed by atoms with E-state index in [-0.39, 0.29) is 11.7 Å². The van der Waals surface area contributed by atoms with Crippen LogP contribution in [0.3, 0.4) is 0 Å². The minimum Gasteiger partial charge on any atom is -0.351 e. The zero-order valence-corrected chi connectivity index (χ0v) is 15.0. The van der Waals surface area contributed by atoms with Crippen LogP contribution in [-0.4, -0.2) is 47.9 Å². The molecule has 2 heterocycles. The fourth-order valence-electron chi connectivity index (χ4n) is 2.83. The summed E-state index contributed by atoms with van der Waals surface area (Å²) in [5.74, 6) is -0.337. The number of hydrogen-bond donors (Lipinski definition) is 1. The normalized spacial score (nSPS) is 15.3. The lowest BCUT2D eigenvalue weighted by molar-refractivity contribution is -0.125. The molecule has 3 rings (SSSR count). The van der Waals surface area contributed by atoms with Crippen molar-refractivity contribution in [1.82, 2.24) is 9.80 Å². The summed E-state index contributed by atoms with van der Waals surface area (Å²) in [4.78, 5) is 28.9. The van der Waals surface area contributed by atoms with Gasteiger partial charge in [0, 0.05) is 42.0 Å². The number of amides is 3. The second-order valence-electron chi connectivity index (χ2n) is 6.05. The maximum atomic E-state index is 13.0. The minimum atomic E-state index is -0.443. The molecule has 1 fully saturated rings. The van der Waals surface area contributed by atoms with Crippen molar-refractivity contribution in [2.45, 2.75) is 6.42 Å². The predicted molar refractivity (Wildman–Crippen MR) is 101 cm³/mol. The summed E-state index contributed by atoms with van der Waals surface area (Å²) in [6, 6.07) is 9.79. The van der Waals surface area contributed by atoms with Crippen LogP contribution in [0.1, 0.15) is 11.3 Å². The molecule has 5 nitrogen and oxygen atoms in total. The predicted octanol–water partition coefficient (Wildman–Crippen LogP) is 3.18. The van der Waals surface area contributed by atoms with Gasteiger partial charge in [0.2, 0.25) is 5.91 Å². The summed E-state index contributed by atoms with van der Waals surface area (Å²) in [6.45, 7) is 2.13. The Bertz CT molecular complexity index is 816. The number of urea groups is 1. The van der Waals surface area contributed by atoms with Crippen molar-refractivity contribution in [2.24, 2.45) is 5.73 Å². The van der Waals surface area contributed by atoms with Crippen LogP contribution in [0.2, 0.25) is 0 Å². The van der Waals surface area contributed by atoms with Crippen molar-refractivity contribution in [1.29, 1.82) is 0 Å². The Hall–Kier alpha value is -2.67. The number of rotatable bonds is 3. The standard InChI is InChI=1S/C19H20FN3O2S/c20-15-4-2-14(3-5-15)17-8-6-16(26-17)7-9-18(24)22-10-1-11-23(13-12-22)19(21)25/h2-9H,1,10-13H2,(H2,21,25). The average Bonchev–Trinajstić information content (AvgIpc) is 2.95. The van der Waals surface area contributed by atoms with E-state index in [4.69, 9.17) is 5.73 Å². The quantitative estimate of drug-likeness (QED) is 0.840. The van der Waals surface area contributed by atoms with Gasteiger partial charge in [-0.25, -0.2) is 9.18 Å². The van der Waals surface area contributed by atoms with Crippen molar-refractivity contribution in [3.8, 4) is 10.4 Å². The molecule has 2 N–H and O–H groups in total. The molecule has 7 heteroatoms. The number of thiophene rings is 1. The lowest BCUT2D eigenvalue weighted by atomic mass is 10.2. The molecule has 0 aliphatic carbocycles. The summed E-state index contributed by atoms with van der Waals surface area (Å²) >= 11 is 1.54. The monoisotopic (exact) mass is 373 g/mol. The molecule has 0 radical (unpaired) electrons. The Morgan fingerprint density at radius 1 is 1.00 bits per heavy atom. The van der Waals surface area contributed by atoms with Gasteiger partial charge in [-0.2, -0.15) is 0 Å². The summed E-state index contributed by atoms with van der Waals surface area (Å²) in [7, 11) is 0. The first-order valence-corrected chi connectivity index (χ1v) is 9.22. The fraction of sp³-hybridized carbons (Fsp3) is 0.263. The van der Waals surface area contributed by atoms with Gasteiger partial charge < -0.3 is 15.5 Å². The number of hydrogen-bond acceptors (Lipinski definition) is 3. The number of benzene rings is 1. The maximum absolute atomic E-state index is 13.0. The molecule has 0 unspecified atom stereocenters. The fourth-order valence-corrected chi connectivity index (χ4v) is 3.74. The van der Waals surface area contributed by atoms with Gasteiger partial charge in [-0.05, 0) is 42.3 Å². The molecule has 1 aliphatic heterocycles. The molecule has 1 saturated heterocycles. The Kier molecular flexibility index (Phi) is 5.68. The maximum Gasteiger partial charge on any atom is 0.314 e. The minimum absolute atomic E-state index is 0.0759. The van der Waals surface area contributed by atoms with E-state index in [1.807, 2.05) is 12.1 Å². The number of carbonyl (C=O) groups is 2. The van der Waals surface area contributed by atoms with E-state index in [0.29, 0.717) is 26.2 Å². The number of carbonyl (C=O) groups excluding carboxylic acids is 2. The SMILES string of the molecule is NC(=O)N1CCCN(C(=O)C=Cc2ccc(-c3ccc(F)cc3)s2)CC1. The molecule has 3 amide bonds. The van der Waals surface area contributed by atoms with Gasteiger partial charge in [-0.15, -0.1) is 11.3 Å². The topological polar surface area (TPSA) is 66.6 Å². The van der Waals surface area contributed by atoms with Crippen LogP contribution in [0.15, 0.2) is 42.5 Å². The van der Waals surface area contributed by atoms with Gasteiger partial charge in [0.25, 0.3) is 0 Å². The second kappa shape index (κ2) is 8.14. The summed E-state index contributed by atoms with van der Waals surface area (Å²) < 4.78 is 13.0. The highest BCUT2D eigenvalue weighted by atomic mass is 32.1. The molecule has 0 saturated carbocycles. The molecule has 1 aliphatic rings. The smallest absolute Gasteiger partial charge is 0.314 e. The first-order chi connectivity index (χ1) is 12.5. The van der Waals surface area contributed by atoms with Crippen LogP contribution in [0, 0.1) is 5.82 Å². The number of primary amides is 1. The van der Waals surface area contributed by atoms with Gasteiger partial charge in [0.15, 0.2) is 0 Å². The Morgan fingerprint density at radius 2 is 1.69 bits per heavy atom. The molecule has 1 aromatic heterocycles. The van der Waals surface area contributed by atoms with Crippen LogP contribution in [0.5, 0.6) is 0 Å². The molecule has 2 aromatic rings. The van der Waals surface area contributed by atoms with Gasteiger partial charge >= 0.3 is 6.03 Å². The third-order valence-electron chi connectivity index (χ3n) is 4.26. The van der Waals surface area contributed by atoms with Gasteiger partial charge in [-0.1, -0.05) is 12.1 Å². The highest BCUT2D eigenvalue weighted by Crippen LogP contribution is 2.29. The van der Waals surface area contributed by atoms with Crippen LogP contribution in [0.4, 0.5) is 9.18 Å². The lowest BCUT2D eigenvalue weighted by Gasteiger charge is -2.19. The molecular weight excluding hydrogens is 353 g/mol. The zero-order valence-electron chi connectivity index (χ0n) is 14.2. The molecule has 1 aromatic carbocycles. The summed E-state index contributed by atoms with van der Waals surface area (Å²) in [5.41, 5.74) is 6.25. The van der Waals surface area contributed by atoms with Crippen molar-refractivity contribution < 1.29 is 14.0 Å². The van der Waals surface area contributed by atoms with E-state index >= 15 is 0 Å². The van der Waals surface area contributed by atoms with E-state index in [9.17, 15) is 14.0 Å². The summed E-state index contributed by atoms with van der Waals surface area (Å²) in [5, 5.41) is 0. The van der Waals surface area contributed by atoms with E-state index in [2.05, 4.69) is 0 Å². The van der Waals surface area contributed by atoms with E-state index in [1.54, 1.807) is 34.1 Å². The Morgan fingerprint density at radius 3 is 2.42 bits per heavy atom. The second-order valence-corrected chi connectivity index (χ2v) is 7.16. The highest BCUT2D eigenvalue weighted by molar-refractivity contribution is 7.16. The molecular formula is C19H20FN3O2S. The largest absolute Gasteiger partial charge is 0.351 e. The molecule has 26 heavy (non-hydrogen) atoms. The van der Waals surface area contributed by atoms with E-state index < -0.39 is 6.03 Å². The van der Waals surface area contributed by atoms with E-state index in [0.717, 1.165) is 21.7 Å². The van der Waals surface area contributed by atoms with Gasteiger partial charge in [-0.3, -0.25) is 4.79 Å². The first-order valence-electron chi connectivity index (χ1n) is 8.40. The lowest BCUT2D eigenvalue weighted by Crippen LogP contribution is -2.39. The highest BCUT2D eigenvalue weighted by Gasteiger charge is 2.19. The zero-order chi connectivity index (χ0) is 18.5. The van der Waals surface area contributed by atoms with Gasteiger partial charge in [0.05, 0.1) is 0 Å². The average molecular weight is 373 g/mol. The molecule has 0 atom stereocenters. The van der Waals surface area contributed by atoms with Crippen molar-refractivity contribution in [3.63, 3.8) is 0 Å². The third-order valence-corrected chi connectivity index (χ3v) is 5.36. The summed E-state index contributed by atoms with van der Waals surface area (Å²) in [6.07, 6.45) is 4.06. The molecule has 0 spiro atoms. The van der Waals surface area contributed by atoms with Crippen molar-refractivity contribution in [2.75, 3.05) is 26.2 Å². The van der Waals surface area contributed by atoms with Crippen molar-refractivity contribution >= 4 is 29.4 Å². The molecule has 0 bridgehead atoms. The van der Waals surface area contributed by atoms with Crippen molar-refractivity contribution in [3.05, 3.63) is 53.2 Å². The Labute approximate surface area is 155 Å². The number of nitrogens with two attached hydrogens (primary N) is 1. The Balaban J connectivity index is 1.62. The van der Waals surface area contributed by atoms with Crippen LogP contribution < -0.4 is 5.73 Å². The van der Waals surface area contributed by atoms with E-state index in [1.165, 1.54) is 23.5 Å². The first kappa shape index (κ1) is 18.1. The van der Waals surface area contributed by atoms with Gasteiger partial charge in [0.1, 0.15) is 5.82 Å². The van der Waals surface area contributed by atoms with Crippen LogP contribution >= 0.6 is 11.3 Å². The number of halogens is 1.